The second kappa shape index (κ2) is 5.54. The minimum Gasteiger partial charge on any atom is -0.493 e. The Balaban J connectivity index is 2.24. The molecule has 0 aliphatic carbocycles. The number of ether oxygens (including phenoxy) is 2. The summed E-state index contributed by atoms with van der Waals surface area (Å²) in [6.07, 6.45) is 3.39. The fourth-order valence-electron chi connectivity index (χ4n) is 2.04. The minimum absolute atomic E-state index is 0.361. The lowest BCUT2D eigenvalue weighted by atomic mass is 10.2. The largest absolute Gasteiger partial charge is 0.493 e. The zero-order valence-corrected chi connectivity index (χ0v) is 12.3. The summed E-state index contributed by atoms with van der Waals surface area (Å²) in [7, 11) is 3.15. The molecular weight excluding hydrogens is 290 g/mol. The van der Waals surface area contributed by atoms with Crippen LogP contribution in [0.2, 0.25) is 5.15 Å². The number of rotatable bonds is 3. The van der Waals surface area contributed by atoms with Gasteiger partial charge in [-0.3, -0.25) is 4.98 Å². The molecule has 0 N–H and O–H groups in total. The summed E-state index contributed by atoms with van der Waals surface area (Å²) in [6.45, 7) is 0. The molecule has 2 aromatic heterocycles. The van der Waals surface area contributed by atoms with Gasteiger partial charge in [-0.25, -0.2) is 9.97 Å². The third-order valence-corrected chi connectivity index (χ3v) is 3.36. The van der Waals surface area contributed by atoms with Gasteiger partial charge in [-0.15, -0.1) is 0 Å². The first-order valence-corrected chi connectivity index (χ1v) is 6.60. The van der Waals surface area contributed by atoms with E-state index >= 15 is 0 Å². The first-order valence-electron chi connectivity index (χ1n) is 6.22. The summed E-state index contributed by atoms with van der Waals surface area (Å²) in [5.41, 5.74) is 1.49. The van der Waals surface area contributed by atoms with Crippen molar-refractivity contribution in [3.05, 3.63) is 41.8 Å². The molecule has 0 fully saturated rings. The van der Waals surface area contributed by atoms with Crippen LogP contribution in [0.3, 0.4) is 0 Å². The molecule has 5 nitrogen and oxygen atoms in total. The Kier molecular flexibility index (Phi) is 3.58. The van der Waals surface area contributed by atoms with Gasteiger partial charge in [0.05, 0.1) is 19.7 Å². The van der Waals surface area contributed by atoms with Crippen LogP contribution < -0.4 is 9.47 Å². The summed E-state index contributed by atoms with van der Waals surface area (Å²) in [6, 6.07) is 7.25. The maximum absolute atomic E-state index is 6.27. The zero-order valence-electron chi connectivity index (χ0n) is 11.5. The van der Waals surface area contributed by atoms with E-state index in [-0.39, 0.29) is 0 Å². The van der Waals surface area contributed by atoms with E-state index in [0.717, 1.165) is 5.56 Å². The monoisotopic (exact) mass is 301 g/mol. The number of pyridine rings is 1. The van der Waals surface area contributed by atoms with Gasteiger partial charge in [-0.2, -0.15) is 0 Å². The predicted molar refractivity (Wildman–Crippen MR) is 80.9 cm³/mol. The van der Waals surface area contributed by atoms with Crippen LogP contribution in [0.5, 0.6) is 11.5 Å². The smallest absolute Gasteiger partial charge is 0.163 e. The van der Waals surface area contributed by atoms with Gasteiger partial charge in [0.15, 0.2) is 17.3 Å². The molecule has 0 radical (unpaired) electrons. The highest BCUT2D eigenvalue weighted by Gasteiger charge is 2.12. The molecule has 0 spiro atoms. The standard InChI is InChI=1S/C15H12ClN3O2/c1-20-12-6-10-11(7-13(12)21-2)18-15(19-14(10)16)9-4-3-5-17-8-9/h3-8H,1-2H3. The van der Waals surface area contributed by atoms with Crippen LogP contribution in [0.1, 0.15) is 0 Å². The van der Waals surface area contributed by atoms with Crippen molar-refractivity contribution in [2.75, 3.05) is 14.2 Å². The van der Waals surface area contributed by atoms with Crippen LogP contribution in [0.4, 0.5) is 0 Å². The normalized spacial score (nSPS) is 10.6. The maximum Gasteiger partial charge on any atom is 0.163 e. The van der Waals surface area contributed by atoms with Crippen molar-refractivity contribution in [2.24, 2.45) is 0 Å². The van der Waals surface area contributed by atoms with Gasteiger partial charge in [0.1, 0.15) is 5.15 Å². The summed E-state index contributed by atoms with van der Waals surface area (Å²) >= 11 is 6.27. The summed E-state index contributed by atoms with van der Waals surface area (Å²) in [5.74, 6) is 1.70. The zero-order chi connectivity index (χ0) is 14.8. The molecule has 0 saturated heterocycles. The van der Waals surface area contributed by atoms with Gasteiger partial charge in [-0.05, 0) is 18.2 Å². The first-order chi connectivity index (χ1) is 10.2. The van der Waals surface area contributed by atoms with Crippen molar-refractivity contribution in [1.29, 1.82) is 0 Å². The Morgan fingerprint density at radius 1 is 1.05 bits per heavy atom. The van der Waals surface area contributed by atoms with Crippen LogP contribution >= 0.6 is 11.6 Å². The van der Waals surface area contributed by atoms with E-state index < -0.39 is 0 Å². The number of halogens is 1. The van der Waals surface area contributed by atoms with Gasteiger partial charge >= 0.3 is 0 Å². The average Bonchev–Trinajstić information content (AvgIpc) is 2.54. The number of aromatic nitrogens is 3. The Bertz CT molecular complexity index is 794. The molecule has 21 heavy (non-hydrogen) atoms. The van der Waals surface area contributed by atoms with Gasteiger partial charge in [0, 0.05) is 29.4 Å². The van der Waals surface area contributed by atoms with Crippen molar-refractivity contribution in [3.8, 4) is 22.9 Å². The van der Waals surface area contributed by atoms with E-state index in [1.54, 1.807) is 38.7 Å². The lowest BCUT2D eigenvalue weighted by Gasteiger charge is -2.10. The van der Waals surface area contributed by atoms with Crippen molar-refractivity contribution in [3.63, 3.8) is 0 Å². The summed E-state index contributed by atoms with van der Waals surface area (Å²) in [5, 5.41) is 1.07. The average molecular weight is 302 g/mol. The summed E-state index contributed by atoms with van der Waals surface area (Å²) in [4.78, 5) is 12.9. The molecule has 0 aliphatic heterocycles. The predicted octanol–water partition coefficient (Wildman–Crippen LogP) is 3.36. The van der Waals surface area contributed by atoms with Crippen molar-refractivity contribution in [1.82, 2.24) is 15.0 Å². The molecule has 0 unspecified atom stereocenters. The number of hydrogen-bond donors (Lipinski definition) is 0. The van der Waals surface area contributed by atoms with Crippen LogP contribution in [-0.4, -0.2) is 29.2 Å². The Labute approximate surface area is 126 Å². The lowest BCUT2D eigenvalue weighted by Crippen LogP contribution is -1.95. The number of benzene rings is 1. The molecular formula is C15H12ClN3O2. The van der Waals surface area contributed by atoms with Crippen LogP contribution in [0, 0.1) is 0 Å². The molecule has 2 heterocycles. The Morgan fingerprint density at radius 2 is 1.81 bits per heavy atom. The number of methoxy groups -OCH3 is 2. The van der Waals surface area contributed by atoms with Gasteiger partial charge in [0.25, 0.3) is 0 Å². The second-order valence-electron chi connectivity index (χ2n) is 4.30. The number of nitrogens with zero attached hydrogens (tertiary/aromatic N) is 3. The van der Waals surface area contributed by atoms with Crippen LogP contribution in [0.25, 0.3) is 22.3 Å². The van der Waals surface area contributed by atoms with E-state index in [1.165, 1.54) is 0 Å². The van der Waals surface area contributed by atoms with E-state index in [4.69, 9.17) is 21.1 Å². The molecule has 0 aliphatic rings. The van der Waals surface area contributed by atoms with E-state index in [9.17, 15) is 0 Å². The number of hydrogen-bond acceptors (Lipinski definition) is 5. The van der Waals surface area contributed by atoms with E-state index in [0.29, 0.717) is 33.4 Å². The van der Waals surface area contributed by atoms with Gasteiger partial charge < -0.3 is 9.47 Å². The number of fused-ring (bicyclic) bond motifs is 1. The van der Waals surface area contributed by atoms with E-state index in [1.807, 2.05) is 12.1 Å². The highest BCUT2D eigenvalue weighted by molar-refractivity contribution is 6.34. The van der Waals surface area contributed by atoms with Crippen LogP contribution in [-0.2, 0) is 0 Å². The highest BCUT2D eigenvalue weighted by Crippen LogP contribution is 2.34. The van der Waals surface area contributed by atoms with Crippen molar-refractivity contribution in [2.45, 2.75) is 0 Å². The molecule has 3 rings (SSSR count). The Hall–Kier alpha value is -2.40. The first kappa shape index (κ1) is 13.6. The summed E-state index contributed by atoms with van der Waals surface area (Å²) < 4.78 is 10.6. The topological polar surface area (TPSA) is 57.1 Å². The lowest BCUT2D eigenvalue weighted by molar-refractivity contribution is 0.356. The van der Waals surface area contributed by atoms with Gasteiger partial charge in [0.2, 0.25) is 0 Å². The van der Waals surface area contributed by atoms with E-state index in [2.05, 4.69) is 15.0 Å². The molecule has 1 aromatic carbocycles. The van der Waals surface area contributed by atoms with Gasteiger partial charge in [-0.1, -0.05) is 11.6 Å². The third-order valence-electron chi connectivity index (χ3n) is 3.07. The minimum atomic E-state index is 0.361. The molecule has 6 heteroatoms. The molecule has 0 amide bonds. The van der Waals surface area contributed by atoms with Crippen LogP contribution in [0.15, 0.2) is 36.7 Å². The molecule has 0 atom stereocenters. The third kappa shape index (κ3) is 2.48. The molecule has 0 bridgehead atoms. The van der Waals surface area contributed by atoms with Crippen molar-refractivity contribution < 1.29 is 9.47 Å². The van der Waals surface area contributed by atoms with Crippen molar-refractivity contribution >= 4 is 22.5 Å². The molecule has 3 aromatic rings. The quantitative estimate of drug-likeness (QED) is 0.694. The SMILES string of the molecule is COc1cc2nc(-c3cccnc3)nc(Cl)c2cc1OC. The fraction of sp³-hybridized carbons (Fsp3) is 0.133. The molecule has 106 valence electrons. The molecule has 0 saturated carbocycles. The highest BCUT2D eigenvalue weighted by atomic mass is 35.5. The fourth-order valence-corrected chi connectivity index (χ4v) is 2.27. The Morgan fingerprint density at radius 3 is 2.48 bits per heavy atom. The maximum atomic E-state index is 6.27. The second-order valence-corrected chi connectivity index (χ2v) is 4.66.